The van der Waals surface area contributed by atoms with E-state index in [1.807, 2.05) is 0 Å². The van der Waals surface area contributed by atoms with Gasteiger partial charge in [-0.15, -0.1) is 0 Å². The Kier molecular flexibility index (Phi) is 1.92. The summed E-state index contributed by atoms with van der Waals surface area (Å²) in [5, 5.41) is 1.82. The van der Waals surface area contributed by atoms with Gasteiger partial charge < -0.3 is 10.2 Å². The highest BCUT2D eigenvalue weighted by Crippen LogP contribution is 2.24. The summed E-state index contributed by atoms with van der Waals surface area (Å²) in [5.41, 5.74) is 5.85. The number of benzene rings is 2. The van der Waals surface area contributed by atoms with Gasteiger partial charge in [0.1, 0.15) is 11.4 Å². The van der Waals surface area contributed by atoms with Crippen LogP contribution in [0.2, 0.25) is 0 Å². The van der Waals surface area contributed by atoms with E-state index in [-0.39, 0.29) is 5.58 Å². The van der Waals surface area contributed by atoms with Crippen LogP contribution in [0.15, 0.2) is 45.6 Å². The average molecular weight is 229 g/mol. The molecule has 0 amide bonds. The van der Waals surface area contributed by atoms with E-state index >= 15 is 0 Å². The highest BCUT2D eigenvalue weighted by atomic mass is 19.1. The Bertz CT molecular complexity index is 792. The standard InChI is InChI=1S/C13H8FNO2/c14-7-1-3-10-9-4-2-8(15)6-11(9)13(16)17-12(10)5-7/h1-6H,15H2. The Hall–Kier alpha value is -2.36. The second kappa shape index (κ2) is 3.31. The van der Waals surface area contributed by atoms with Gasteiger partial charge in [0, 0.05) is 22.5 Å². The molecule has 0 aliphatic carbocycles. The molecule has 3 nitrogen and oxygen atoms in total. The quantitative estimate of drug-likeness (QED) is 0.366. The zero-order valence-electron chi connectivity index (χ0n) is 8.74. The molecule has 0 aliphatic heterocycles. The van der Waals surface area contributed by atoms with E-state index < -0.39 is 11.4 Å². The summed E-state index contributed by atoms with van der Waals surface area (Å²) >= 11 is 0. The molecule has 2 aromatic carbocycles. The molecule has 2 N–H and O–H groups in total. The predicted molar refractivity (Wildman–Crippen MR) is 64.4 cm³/mol. The third kappa shape index (κ3) is 1.45. The Morgan fingerprint density at radius 2 is 1.76 bits per heavy atom. The first-order chi connectivity index (χ1) is 8.15. The summed E-state index contributed by atoms with van der Waals surface area (Å²) in [6.45, 7) is 0. The smallest absolute Gasteiger partial charge is 0.344 e. The van der Waals surface area contributed by atoms with Gasteiger partial charge in [-0.1, -0.05) is 6.07 Å². The van der Waals surface area contributed by atoms with Crippen LogP contribution in [-0.4, -0.2) is 0 Å². The van der Waals surface area contributed by atoms with Gasteiger partial charge >= 0.3 is 5.63 Å². The van der Waals surface area contributed by atoms with Crippen molar-refractivity contribution in [1.29, 1.82) is 0 Å². The second-order valence-corrected chi connectivity index (χ2v) is 3.84. The van der Waals surface area contributed by atoms with Crippen molar-refractivity contribution in [3.8, 4) is 0 Å². The molecule has 3 aromatic rings. The first-order valence-corrected chi connectivity index (χ1v) is 5.07. The molecule has 0 saturated heterocycles. The Labute approximate surface area is 95.3 Å². The van der Waals surface area contributed by atoms with Gasteiger partial charge in [0.2, 0.25) is 0 Å². The molecular weight excluding hydrogens is 221 g/mol. The number of hydrogen-bond acceptors (Lipinski definition) is 3. The zero-order chi connectivity index (χ0) is 12.0. The van der Waals surface area contributed by atoms with E-state index in [1.165, 1.54) is 12.1 Å². The van der Waals surface area contributed by atoms with E-state index in [9.17, 15) is 9.18 Å². The summed E-state index contributed by atoms with van der Waals surface area (Å²) < 4.78 is 18.1. The lowest BCUT2D eigenvalue weighted by atomic mass is 10.1. The number of fused-ring (bicyclic) bond motifs is 3. The summed E-state index contributed by atoms with van der Waals surface area (Å²) in [4.78, 5) is 11.7. The van der Waals surface area contributed by atoms with Crippen molar-refractivity contribution in [2.45, 2.75) is 0 Å². The fourth-order valence-electron chi connectivity index (χ4n) is 1.92. The molecule has 0 aliphatic rings. The van der Waals surface area contributed by atoms with Crippen molar-refractivity contribution in [1.82, 2.24) is 0 Å². The maximum absolute atomic E-state index is 13.1. The van der Waals surface area contributed by atoms with Gasteiger partial charge in [-0.05, 0) is 24.3 Å². The molecule has 0 radical (unpaired) electrons. The SMILES string of the molecule is Nc1ccc2c(c1)c(=O)oc1cc(F)ccc12. The maximum atomic E-state index is 13.1. The third-order valence-corrected chi connectivity index (χ3v) is 2.70. The van der Waals surface area contributed by atoms with Gasteiger partial charge in [0.05, 0.1) is 5.39 Å². The minimum atomic E-state index is -0.509. The molecule has 1 heterocycles. The molecule has 0 bridgehead atoms. The van der Waals surface area contributed by atoms with E-state index in [0.29, 0.717) is 21.8 Å². The predicted octanol–water partition coefficient (Wildman–Crippen LogP) is 2.67. The minimum absolute atomic E-state index is 0.243. The van der Waals surface area contributed by atoms with Crippen molar-refractivity contribution in [3.63, 3.8) is 0 Å². The molecular formula is C13H8FNO2. The molecule has 0 saturated carbocycles. The second-order valence-electron chi connectivity index (χ2n) is 3.84. The van der Waals surface area contributed by atoms with Crippen LogP contribution in [0.3, 0.4) is 0 Å². The van der Waals surface area contributed by atoms with Crippen molar-refractivity contribution < 1.29 is 8.81 Å². The summed E-state index contributed by atoms with van der Waals surface area (Å²) in [5.74, 6) is -0.435. The molecule has 0 unspecified atom stereocenters. The normalized spacial score (nSPS) is 11.1. The maximum Gasteiger partial charge on any atom is 0.344 e. The van der Waals surface area contributed by atoms with Gasteiger partial charge in [-0.3, -0.25) is 0 Å². The van der Waals surface area contributed by atoms with Crippen LogP contribution in [0, 0.1) is 5.82 Å². The highest BCUT2D eigenvalue weighted by molar-refractivity contribution is 6.04. The first kappa shape index (κ1) is 9.84. The molecule has 84 valence electrons. The number of nitrogens with two attached hydrogens (primary N) is 1. The van der Waals surface area contributed by atoms with E-state index in [0.717, 1.165) is 0 Å². The van der Waals surface area contributed by atoms with Crippen molar-refractivity contribution in [2.75, 3.05) is 5.73 Å². The lowest BCUT2D eigenvalue weighted by Gasteiger charge is -2.03. The molecule has 17 heavy (non-hydrogen) atoms. The average Bonchev–Trinajstić information content (AvgIpc) is 2.29. The van der Waals surface area contributed by atoms with E-state index in [4.69, 9.17) is 10.2 Å². The fourth-order valence-corrected chi connectivity index (χ4v) is 1.92. The largest absolute Gasteiger partial charge is 0.422 e. The van der Waals surface area contributed by atoms with Gasteiger partial charge in [-0.2, -0.15) is 0 Å². The molecule has 4 heteroatoms. The molecule has 3 rings (SSSR count). The van der Waals surface area contributed by atoms with Crippen LogP contribution in [-0.2, 0) is 0 Å². The summed E-state index contributed by atoms with van der Waals surface area (Å²) in [6, 6.07) is 9.12. The van der Waals surface area contributed by atoms with E-state index in [2.05, 4.69) is 0 Å². The molecule has 1 aromatic heterocycles. The monoisotopic (exact) mass is 229 g/mol. The minimum Gasteiger partial charge on any atom is -0.422 e. The fraction of sp³-hybridized carbons (Fsp3) is 0. The topological polar surface area (TPSA) is 56.2 Å². The van der Waals surface area contributed by atoms with E-state index in [1.54, 1.807) is 24.3 Å². The molecule has 0 spiro atoms. The number of nitrogen functional groups attached to an aromatic ring is 1. The summed E-state index contributed by atoms with van der Waals surface area (Å²) in [7, 11) is 0. The highest BCUT2D eigenvalue weighted by Gasteiger charge is 2.08. The van der Waals surface area contributed by atoms with Gasteiger partial charge in [-0.25, -0.2) is 9.18 Å². The van der Waals surface area contributed by atoms with Gasteiger partial charge in [0.15, 0.2) is 0 Å². The van der Waals surface area contributed by atoms with Crippen molar-refractivity contribution >= 4 is 27.4 Å². The Balaban J connectivity index is 2.60. The Morgan fingerprint density at radius 1 is 1.00 bits per heavy atom. The number of anilines is 1. The van der Waals surface area contributed by atoms with Crippen LogP contribution in [0.1, 0.15) is 0 Å². The third-order valence-electron chi connectivity index (χ3n) is 2.70. The van der Waals surface area contributed by atoms with Crippen molar-refractivity contribution in [3.05, 3.63) is 52.6 Å². The van der Waals surface area contributed by atoms with Crippen LogP contribution in [0.4, 0.5) is 10.1 Å². The first-order valence-electron chi connectivity index (χ1n) is 5.07. The lowest BCUT2D eigenvalue weighted by Crippen LogP contribution is -2.00. The van der Waals surface area contributed by atoms with Crippen LogP contribution >= 0.6 is 0 Å². The number of hydrogen-bond donors (Lipinski definition) is 1. The molecule has 0 atom stereocenters. The van der Waals surface area contributed by atoms with Crippen LogP contribution in [0.5, 0.6) is 0 Å². The number of rotatable bonds is 0. The Morgan fingerprint density at radius 3 is 2.59 bits per heavy atom. The lowest BCUT2D eigenvalue weighted by molar-refractivity contribution is 0.562. The zero-order valence-corrected chi connectivity index (χ0v) is 8.74. The summed E-state index contributed by atoms with van der Waals surface area (Å²) in [6.07, 6.45) is 0. The van der Waals surface area contributed by atoms with Crippen molar-refractivity contribution in [2.24, 2.45) is 0 Å². The van der Waals surface area contributed by atoms with Crippen LogP contribution in [0.25, 0.3) is 21.7 Å². The molecule has 0 fully saturated rings. The van der Waals surface area contributed by atoms with Gasteiger partial charge in [0.25, 0.3) is 0 Å². The van der Waals surface area contributed by atoms with Crippen LogP contribution < -0.4 is 11.4 Å². The number of halogens is 1.